The Bertz CT molecular complexity index is 2030. The molecular formula is C43H52N8O6. The summed E-state index contributed by atoms with van der Waals surface area (Å²) in [5.74, 6) is -2.49. The smallest absolute Gasteiger partial charge is 0.312 e. The van der Waals surface area contributed by atoms with Gasteiger partial charge in [-0.25, -0.2) is 4.79 Å². The van der Waals surface area contributed by atoms with Crippen molar-refractivity contribution in [2.24, 2.45) is 5.73 Å². The summed E-state index contributed by atoms with van der Waals surface area (Å²) in [5.41, 5.74) is 9.64. The van der Waals surface area contributed by atoms with Crippen LogP contribution in [0.25, 0.3) is 10.9 Å². The molecule has 4 atom stereocenters. The molecule has 0 radical (unpaired) electrons. The van der Waals surface area contributed by atoms with Gasteiger partial charge in [0.05, 0.1) is 0 Å². The Morgan fingerprint density at radius 3 is 2.30 bits per heavy atom. The molecular weight excluding hydrogens is 725 g/mol. The molecule has 4 aromatic rings. The summed E-state index contributed by atoms with van der Waals surface area (Å²) >= 11 is 0. The van der Waals surface area contributed by atoms with Gasteiger partial charge in [-0.1, -0.05) is 84.9 Å². The summed E-state index contributed by atoms with van der Waals surface area (Å²) in [7, 11) is 0. The Balaban J connectivity index is 1.38. The second-order valence-electron chi connectivity index (χ2n) is 14.3. The number of amides is 7. The van der Waals surface area contributed by atoms with Gasteiger partial charge in [0.25, 0.3) is 0 Å². The molecule has 8 N–H and O–H groups in total. The average Bonchev–Trinajstić information content (AvgIpc) is 3.63. The van der Waals surface area contributed by atoms with Gasteiger partial charge in [-0.15, -0.1) is 0 Å². The van der Waals surface area contributed by atoms with E-state index in [9.17, 15) is 28.8 Å². The van der Waals surface area contributed by atoms with Crippen LogP contribution in [0.5, 0.6) is 0 Å². The topological polar surface area (TPSA) is 208 Å². The van der Waals surface area contributed by atoms with Gasteiger partial charge >= 0.3 is 6.03 Å². The third kappa shape index (κ3) is 12.0. The van der Waals surface area contributed by atoms with E-state index in [4.69, 9.17) is 5.73 Å². The molecule has 1 aromatic heterocycles. The zero-order chi connectivity index (χ0) is 40.7. The SMILES string of the molecule is C=CC(=O)NC(Cc1ccccc1)C(=O)N1CCCC[C@H]1C(=O)NC(Cc1c[nH]c2ccccc12)C(=O)NC(CCCNC(N)=O)C(=O)NCc1ccc(C)cc1. The van der Waals surface area contributed by atoms with Crippen LogP contribution in [0.4, 0.5) is 4.79 Å². The number of hydrogen-bond donors (Lipinski definition) is 7. The molecule has 14 heteroatoms. The highest BCUT2D eigenvalue weighted by Crippen LogP contribution is 2.22. The first-order chi connectivity index (χ1) is 27.5. The van der Waals surface area contributed by atoms with Crippen LogP contribution in [0.2, 0.25) is 0 Å². The highest BCUT2D eigenvalue weighted by molar-refractivity contribution is 5.97. The second-order valence-corrected chi connectivity index (χ2v) is 14.3. The zero-order valence-corrected chi connectivity index (χ0v) is 32.2. The maximum Gasteiger partial charge on any atom is 0.312 e. The van der Waals surface area contributed by atoms with Crippen molar-refractivity contribution in [2.45, 2.75) is 82.6 Å². The van der Waals surface area contributed by atoms with Crippen molar-refractivity contribution in [3.05, 3.63) is 120 Å². The van der Waals surface area contributed by atoms with Crippen molar-refractivity contribution in [2.75, 3.05) is 13.1 Å². The number of hydrogen-bond acceptors (Lipinski definition) is 6. The van der Waals surface area contributed by atoms with Gasteiger partial charge in [-0.05, 0) is 67.9 Å². The Morgan fingerprint density at radius 1 is 0.825 bits per heavy atom. The summed E-state index contributed by atoms with van der Waals surface area (Å²) in [6, 6.07) is 19.8. The van der Waals surface area contributed by atoms with Crippen molar-refractivity contribution in [3.63, 3.8) is 0 Å². The number of nitrogens with one attached hydrogen (secondary N) is 6. The third-order valence-corrected chi connectivity index (χ3v) is 10.1. The van der Waals surface area contributed by atoms with E-state index in [-0.39, 0.29) is 38.9 Å². The van der Waals surface area contributed by atoms with E-state index >= 15 is 0 Å². The molecule has 57 heavy (non-hydrogen) atoms. The van der Waals surface area contributed by atoms with Crippen LogP contribution >= 0.6 is 0 Å². The van der Waals surface area contributed by atoms with Crippen molar-refractivity contribution < 1.29 is 28.8 Å². The Hall–Kier alpha value is -6.44. The van der Waals surface area contributed by atoms with Gasteiger partial charge in [0.15, 0.2) is 0 Å². The predicted octanol–water partition coefficient (Wildman–Crippen LogP) is 3.05. The molecule has 2 heterocycles. The maximum atomic E-state index is 14.3. The fraction of sp³-hybridized carbons (Fsp3) is 0.349. The molecule has 3 aromatic carbocycles. The number of aromatic amines is 1. The van der Waals surface area contributed by atoms with Crippen LogP contribution in [0.3, 0.4) is 0 Å². The van der Waals surface area contributed by atoms with Crippen molar-refractivity contribution >= 4 is 46.5 Å². The molecule has 14 nitrogen and oxygen atoms in total. The molecule has 1 saturated heterocycles. The minimum atomic E-state index is -1.15. The number of carbonyl (C=O) groups is 6. The molecule has 0 aliphatic carbocycles. The lowest BCUT2D eigenvalue weighted by atomic mass is 9.97. The zero-order valence-electron chi connectivity index (χ0n) is 32.2. The number of para-hydroxylation sites is 1. The van der Waals surface area contributed by atoms with Crippen LogP contribution in [0, 0.1) is 6.92 Å². The lowest BCUT2D eigenvalue weighted by Gasteiger charge is -2.37. The number of urea groups is 1. The fourth-order valence-electron chi connectivity index (χ4n) is 7.02. The van der Waals surface area contributed by atoms with Gasteiger partial charge in [0, 0.05) is 49.6 Å². The number of piperidine rings is 1. The van der Waals surface area contributed by atoms with Crippen molar-refractivity contribution in [1.29, 1.82) is 0 Å². The first-order valence-corrected chi connectivity index (χ1v) is 19.3. The summed E-state index contributed by atoms with van der Waals surface area (Å²) < 4.78 is 0. The number of nitrogens with two attached hydrogens (primary N) is 1. The van der Waals surface area contributed by atoms with Crippen molar-refractivity contribution in [1.82, 2.24) is 36.5 Å². The Labute approximate surface area is 332 Å². The Morgan fingerprint density at radius 2 is 1.56 bits per heavy atom. The number of fused-ring (bicyclic) bond motifs is 1. The minimum Gasteiger partial charge on any atom is -0.361 e. The molecule has 1 aliphatic rings. The molecule has 0 bridgehead atoms. The lowest BCUT2D eigenvalue weighted by Crippen LogP contribution is -2.61. The van der Waals surface area contributed by atoms with Crippen LogP contribution in [-0.2, 0) is 43.4 Å². The number of aryl methyl sites for hydroxylation is 1. The maximum absolute atomic E-state index is 14.3. The van der Waals surface area contributed by atoms with E-state index in [0.717, 1.165) is 39.2 Å². The van der Waals surface area contributed by atoms with Crippen LogP contribution in [0.15, 0.2) is 97.7 Å². The molecule has 0 spiro atoms. The van der Waals surface area contributed by atoms with Gasteiger partial charge in [0.1, 0.15) is 24.2 Å². The number of aromatic nitrogens is 1. The van der Waals surface area contributed by atoms with Crippen molar-refractivity contribution in [3.8, 4) is 0 Å². The number of nitrogens with zero attached hydrogens (tertiary/aromatic N) is 1. The summed E-state index contributed by atoms with van der Waals surface area (Å²) in [4.78, 5) is 85.0. The lowest BCUT2D eigenvalue weighted by molar-refractivity contribution is -0.145. The molecule has 300 valence electrons. The summed E-state index contributed by atoms with van der Waals surface area (Å²) in [5, 5.41) is 14.8. The van der Waals surface area contributed by atoms with E-state index in [1.165, 1.54) is 4.90 Å². The number of carbonyl (C=O) groups excluding carboxylic acids is 6. The fourth-order valence-corrected chi connectivity index (χ4v) is 7.02. The first-order valence-electron chi connectivity index (χ1n) is 19.3. The van der Waals surface area contributed by atoms with Crippen LogP contribution < -0.4 is 32.3 Å². The van der Waals surface area contributed by atoms with Gasteiger partial charge in [-0.2, -0.15) is 0 Å². The quantitative estimate of drug-likeness (QED) is 0.0597. The minimum absolute atomic E-state index is 0.0786. The number of likely N-dealkylation sites (tertiary alicyclic amines) is 1. The molecule has 1 aliphatic heterocycles. The third-order valence-electron chi connectivity index (χ3n) is 10.1. The second kappa shape index (κ2) is 20.5. The van der Waals surface area contributed by atoms with Crippen LogP contribution in [0.1, 0.15) is 54.4 Å². The first kappa shape index (κ1) is 41.7. The van der Waals surface area contributed by atoms with E-state index in [1.807, 2.05) is 85.8 Å². The Kier molecular flexibility index (Phi) is 15.0. The number of benzene rings is 3. The van der Waals surface area contributed by atoms with Gasteiger partial charge in [0.2, 0.25) is 29.5 Å². The van der Waals surface area contributed by atoms with E-state index < -0.39 is 59.7 Å². The summed E-state index contributed by atoms with van der Waals surface area (Å²) in [6.45, 7) is 6.20. The molecule has 7 amide bonds. The van der Waals surface area contributed by atoms with Gasteiger partial charge < -0.3 is 42.2 Å². The standard InChI is InChI=1S/C43H52N8O6/c1-3-38(52)48-36(24-29-12-5-4-6-13-29)42(56)51-23-10-9-17-37(51)41(55)50-35(25-31-27-46-33-15-8-7-14-32(31)33)40(54)49-34(16-11-22-45-43(44)57)39(53)47-26-30-20-18-28(2)19-21-30/h3-8,12-15,18-21,27,34-37,46H,1,9-11,16-17,22-26H2,2H3,(H,47,53)(H,48,52)(H,49,54)(H,50,55)(H3,44,45,57)/t34?,35?,36?,37-/m0/s1. The number of rotatable bonds is 18. The number of primary amides is 1. The monoisotopic (exact) mass is 776 g/mol. The van der Waals surface area contributed by atoms with E-state index in [1.54, 1.807) is 6.20 Å². The average molecular weight is 777 g/mol. The van der Waals surface area contributed by atoms with E-state index in [2.05, 4.69) is 38.1 Å². The predicted molar refractivity (Wildman–Crippen MR) is 217 cm³/mol. The normalized spacial score (nSPS) is 15.4. The molecule has 5 rings (SSSR count). The van der Waals surface area contributed by atoms with Gasteiger partial charge in [-0.3, -0.25) is 24.0 Å². The van der Waals surface area contributed by atoms with Crippen LogP contribution in [-0.4, -0.2) is 82.7 Å². The molecule has 3 unspecified atom stereocenters. The summed E-state index contributed by atoms with van der Waals surface area (Å²) in [6.07, 6.45) is 5.35. The largest absolute Gasteiger partial charge is 0.361 e. The highest BCUT2D eigenvalue weighted by atomic mass is 16.2. The van der Waals surface area contributed by atoms with E-state index in [0.29, 0.717) is 25.7 Å². The highest BCUT2D eigenvalue weighted by Gasteiger charge is 2.38. The molecule has 0 saturated carbocycles. The molecule has 1 fully saturated rings. The number of H-pyrrole nitrogens is 1.